The molecule has 1 heterocycles. The van der Waals surface area contributed by atoms with E-state index in [9.17, 15) is 4.39 Å². The fourth-order valence-electron chi connectivity index (χ4n) is 2.53. The Kier molecular flexibility index (Phi) is 7.29. The summed E-state index contributed by atoms with van der Waals surface area (Å²) in [6.07, 6.45) is 2.51. The molecule has 0 bridgehead atoms. The molecule has 0 aliphatic carbocycles. The number of likely N-dealkylation sites (tertiary alicyclic amines) is 1. The lowest BCUT2D eigenvalue weighted by molar-refractivity contribution is 0.176. The Bertz CT molecular complexity index is 395. The molecule has 0 aromatic heterocycles. The van der Waals surface area contributed by atoms with Crippen LogP contribution >= 0.6 is 28.3 Å². The predicted octanol–water partition coefficient (Wildman–Crippen LogP) is 3.44. The highest BCUT2D eigenvalue weighted by Gasteiger charge is 2.18. The molecule has 0 unspecified atom stereocenters. The third-order valence-corrected chi connectivity index (χ3v) is 4.20. The van der Waals surface area contributed by atoms with E-state index in [4.69, 9.17) is 0 Å². The first-order valence-corrected chi connectivity index (χ1v) is 7.29. The lowest BCUT2D eigenvalue weighted by atomic mass is 9.96. The lowest BCUT2D eigenvalue weighted by Crippen LogP contribution is -2.36. The normalized spacial score (nSPS) is 17.2. The van der Waals surface area contributed by atoms with Crippen LogP contribution in [0.25, 0.3) is 0 Å². The molecule has 108 valence electrons. The first-order valence-electron chi connectivity index (χ1n) is 6.50. The van der Waals surface area contributed by atoms with Crippen LogP contribution in [0.15, 0.2) is 22.7 Å². The molecule has 0 spiro atoms. The van der Waals surface area contributed by atoms with Crippen LogP contribution in [0.5, 0.6) is 0 Å². The zero-order chi connectivity index (χ0) is 13.0. The highest BCUT2D eigenvalue weighted by Crippen LogP contribution is 2.21. The van der Waals surface area contributed by atoms with Crippen molar-refractivity contribution < 1.29 is 4.39 Å². The van der Waals surface area contributed by atoms with Gasteiger partial charge in [0.15, 0.2) is 0 Å². The first-order chi connectivity index (χ1) is 8.69. The van der Waals surface area contributed by atoms with Crippen molar-refractivity contribution in [3.05, 3.63) is 34.1 Å². The van der Waals surface area contributed by atoms with Crippen LogP contribution in [-0.2, 0) is 6.54 Å². The molecule has 0 saturated carbocycles. The van der Waals surface area contributed by atoms with Crippen LogP contribution in [-0.4, -0.2) is 31.6 Å². The van der Waals surface area contributed by atoms with Gasteiger partial charge in [-0.15, -0.1) is 12.4 Å². The molecule has 1 aliphatic heterocycles. The van der Waals surface area contributed by atoms with Gasteiger partial charge in [-0.2, -0.15) is 0 Å². The van der Waals surface area contributed by atoms with Gasteiger partial charge < -0.3 is 5.32 Å². The Balaban J connectivity index is 0.00000180. The molecular weight excluding hydrogens is 331 g/mol. The SMILES string of the molecule is CNCC1CCN(Cc2ccc(F)c(Br)c2)CC1.Cl. The molecule has 0 amide bonds. The van der Waals surface area contributed by atoms with Gasteiger partial charge in [0.25, 0.3) is 0 Å². The van der Waals surface area contributed by atoms with Gasteiger partial charge in [0.2, 0.25) is 0 Å². The minimum absolute atomic E-state index is 0. The van der Waals surface area contributed by atoms with Gasteiger partial charge in [-0.05, 0) is 79.1 Å². The number of halogens is 3. The van der Waals surface area contributed by atoms with Crippen LogP contribution < -0.4 is 5.32 Å². The Labute approximate surface area is 129 Å². The molecular formula is C14H21BrClFN2. The summed E-state index contributed by atoms with van der Waals surface area (Å²) in [5, 5.41) is 3.25. The zero-order valence-electron chi connectivity index (χ0n) is 11.2. The van der Waals surface area contributed by atoms with Crippen LogP contribution in [0.1, 0.15) is 18.4 Å². The highest BCUT2D eigenvalue weighted by molar-refractivity contribution is 9.10. The van der Waals surface area contributed by atoms with Gasteiger partial charge in [-0.1, -0.05) is 6.07 Å². The molecule has 1 aromatic carbocycles. The molecule has 1 saturated heterocycles. The van der Waals surface area contributed by atoms with Crippen molar-refractivity contribution in [2.24, 2.45) is 5.92 Å². The monoisotopic (exact) mass is 350 g/mol. The number of rotatable bonds is 4. The second-order valence-corrected chi connectivity index (χ2v) is 5.88. The molecule has 1 fully saturated rings. The van der Waals surface area contributed by atoms with E-state index in [0.29, 0.717) is 4.47 Å². The molecule has 1 N–H and O–H groups in total. The topological polar surface area (TPSA) is 15.3 Å². The summed E-state index contributed by atoms with van der Waals surface area (Å²) in [7, 11) is 2.02. The van der Waals surface area contributed by atoms with E-state index in [0.717, 1.165) is 32.1 Å². The van der Waals surface area contributed by atoms with E-state index in [1.54, 1.807) is 0 Å². The number of benzene rings is 1. The molecule has 1 aliphatic rings. The van der Waals surface area contributed by atoms with Crippen molar-refractivity contribution in [2.75, 3.05) is 26.7 Å². The average Bonchev–Trinajstić information content (AvgIpc) is 2.37. The number of hydrogen-bond donors (Lipinski definition) is 1. The minimum Gasteiger partial charge on any atom is -0.319 e. The maximum atomic E-state index is 13.1. The molecule has 0 radical (unpaired) electrons. The van der Waals surface area contributed by atoms with Crippen LogP contribution in [0.4, 0.5) is 4.39 Å². The van der Waals surface area contributed by atoms with Gasteiger partial charge in [-0.25, -0.2) is 4.39 Å². The number of hydrogen-bond acceptors (Lipinski definition) is 2. The summed E-state index contributed by atoms with van der Waals surface area (Å²) in [4.78, 5) is 2.45. The van der Waals surface area contributed by atoms with Crippen molar-refractivity contribution in [3.8, 4) is 0 Å². The van der Waals surface area contributed by atoms with Crippen molar-refractivity contribution in [1.82, 2.24) is 10.2 Å². The van der Waals surface area contributed by atoms with Crippen molar-refractivity contribution in [2.45, 2.75) is 19.4 Å². The molecule has 5 heteroatoms. The van der Waals surface area contributed by atoms with Gasteiger partial charge >= 0.3 is 0 Å². The Morgan fingerprint density at radius 2 is 2.05 bits per heavy atom. The summed E-state index contributed by atoms with van der Waals surface area (Å²) in [5.74, 6) is 0.623. The third-order valence-electron chi connectivity index (χ3n) is 3.59. The van der Waals surface area contributed by atoms with Gasteiger partial charge in [0, 0.05) is 6.54 Å². The van der Waals surface area contributed by atoms with Crippen LogP contribution in [0.3, 0.4) is 0 Å². The van der Waals surface area contributed by atoms with Crippen LogP contribution in [0.2, 0.25) is 0 Å². The molecule has 19 heavy (non-hydrogen) atoms. The molecule has 0 atom stereocenters. The van der Waals surface area contributed by atoms with E-state index in [-0.39, 0.29) is 18.2 Å². The summed E-state index contributed by atoms with van der Waals surface area (Å²) in [6, 6.07) is 5.29. The third kappa shape index (κ3) is 5.03. The Morgan fingerprint density at radius 1 is 1.37 bits per heavy atom. The fraction of sp³-hybridized carbons (Fsp3) is 0.571. The summed E-state index contributed by atoms with van der Waals surface area (Å²) < 4.78 is 13.7. The van der Waals surface area contributed by atoms with E-state index >= 15 is 0 Å². The van der Waals surface area contributed by atoms with Crippen LogP contribution in [0, 0.1) is 11.7 Å². The summed E-state index contributed by atoms with van der Waals surface area (Å²) >= 11 is 3.24. The second-order valence-electron chi connectivity index (χ2n) is 5.03. The Morgan fingerprint density at radius 3 is 2.63 bits per heavy atom. The van der Waals surface area contributed by atoms with Crippen molar-refractivity contribution >= 4 is 28.3 Å². The van der Waals surface area contributed by atoms with Crippen molar-refractivity contribution in [1.29, 1.82) is 0 Å². The Hall–Kier alpha value is -0.160. The highest BCUT2D eigenvalue weighted by atomic mass is 79.9. The zero-order valence-corrected chi connectivity index (χ0v) is 13.6. The van der Waals surface area contributed by atoms with Gasteiger partial charge in [0.05, 0.1) is 4.47 Å². The smallest absolute Gasteiger partial charge is 0.137 e. The van der Waals surface area contributed by atoms with E-state index in [1.807, 2.05) is 19.2 Å². The molecule has 2 nitrogen and oxygen atoms in total. The quantitative estimate of drug-likeness (QED) is 0.894. The van der Waals surface area contributed by atoms with E-state index in [1.165, 1.54) is 24.5 Å². The van der Waals surface area contributed by atoms with E-state index < -0.39 is 0 Å². The summed E-state index contributed by atoms with van der Waals surface area (Å²) in [6.45, 7) is 4.32. The van der Waals surface area contributed by atoms with Gasteiger partial charge in [0.1, 0.15) is 5.82 Å². The number of nitrogens with zero attached hydrogens (tertiary/aromatic N) is 1. The predicted molar refractivity (Wildman–Crippen MR) is 83.3 cm³/mol. The number of piperidine rings is 1. The maximum absolute atomic E-state index is 13.1. The maximum Gasteiger partial charge on any atom is 0.137 e. The molecule has 2 rings (SSSR count). The number of nitrogens with one attached hydrogen (secondary N) is 1. The molecule has 1 aromatic rings. The largest absolute Gasteiger partial charge is 0.319 e. The summed E-state index contributed by atoms with van der Waals surface area (Å²) in [5.41, 5.74) is 1.18. The second kappa shape index (κ2) is 8.20. The average molecular weight is 352 g/mol. The lowest BCUT2D eigenvalue weighted by Gasteiger charge is -2.31. The standard InChI is InChI=1S/C14H20BrFN2.ClH/c1-17-9-11-4-6-18(7-5-11)10-12-2-3-14(16)13(15)8-12;/h2-3,8,11,17H,4-7,9-10H2,1H3;1H. The minimum atomic E-state index is -0.188. The fourth-order valence-corrected chi connectivity index (χ4v) is 2.96. The van der Waals surface area contributed by atoms with E-state index in [2.05, 4.69) is 26.1 Å². The first kappa shape index (κ1) is 16.9. The van der Waals surface area contributed by atoms with Gasteiger partial charge in [-0.3, -0.25) is 4.90 Å². The van der Waals surface area contributed by atoms with Crippen molar-refractivity contribution in [3.63, 3.8) is 0 Å².